The van der Waals surface area contributed by atoms with E-state index in [1.54, 1.807) is 24.3 Å². The summed E-state index contributed by atoms with van der Waals surface area (Å²) in [5.74, 6) is 0.633. The van der Waals surface area contributed by atoms with Crippen LogP contribution in [0.1, 0.15) is 32.1 Å². The molecule has 8 heteroatoms. The van der Waals surface area contributed by atoms with Crippen LogP contribution in [0.15, 0.2) is 30.6 Å². The fourth-order valence-corrected chi connectivity index (χ4v) is 4.14. The van der Waals surface area contributed by atoms with E-state index in [2.05, 4.69) is 15.5 Å². The van der Waals surface area contributed by atoms with Crippen molar-refractivity contribution in [3.8, 4) is 11.4 Å². The molecule has 1 aromatic heterocycles. The molecule has 1 fully saturated rings. The van der Waals surface area contributed by atoms with Crippen molar-refractivity contribution in [2.24, 2.45) is 5.92 Å². The summed E-state index contributed by atoms with van der Waals surface area (Å²) >= 11 is 0. The second-order valence-electron chi connectivity index (χ2n) is 5.56. The predicted molar refractivity (Wildman–Crippen MR) is 80.1 cm³/mol. The third-order valence-electron chi connectivity index (χ3n) is 3.84. The molecule has 0 bridgehead atoms. The molecule has 0 atom stereocenters. The van der Waals surface area contributed by atoms with Crippen LogP contribution in [0.4, 0.5) is 0 Å². The molecular weight excluding hydrogens is 304 g/mol. The number of hydrogen-bond donors (Lipinski definition) is 0. The van der Waals surface area contributed by atoms with E-state index in [4.69, 9.17) is 4.18 Å². The van der Waals surface area contributed by atoms with Gasteiger partial charge in [0.05, 0.1) is 11.4 Å². The zero-order valence-corrected chi connectivity index (χ0v) is 12.9. The van der Waals surface area contributed by atoms with E-state index >= 15 is 0 Å². The van der Waals surface area contributed by atoms with Crippen LogP contribution >= 0.6 is 0 Å². The molecule has 0 amide bonds. The maximum atomic E-state index is 12.1. The Morgan fingerprint density at radius 1 is 1.14 bits per heavy atom. The van der Waals surface area contributed by atoms with Crippen LogP contribution in [0.25, 0.3) is 5.69 Å². The van der Waals surface area contributed by atoms with Gasteiger partial charge in [-0.15, -0.1) is 5.10 Å². The molecule has 22 heavy (non-hydrogen) atoms. The lowest BCUT2D eigenvalue weighted by Gasteiger charge is -2.21. The summed E-state index contributed by atoms with van der Waals surface area (Å²) in [6, 6.07) is 6.63. The van der Waals surface area contributed by atoms with Gasteiger partial charge in [0.25, 0.3) is 0 Å². The highest BCUT2D eigenvalue weighted by Crippen LogP contribution is 2.26. The van der Waals surface area contributed by atoms with Crippen LogP contribution in [0, 0.1) is 5.92 Å². The van der Waals surface area contributed by atoms with E-state index in [1.165, 1.54) is 17.4 Å². The van der Waals surface area contributed by atoms with Gasteiger partial charge in [-0.1, -0.05) is 19.3 Å². The van der Waals surface area contributed by atoms with Gasteiger partial charge in [-0.25, -0.2) is 4.68 Å². The maximum Gasteiger partial charge on any atom is 0.309 e. The molecule has 1 aliphatic rings. The molecule has 118 valence electrons. The van der Waals surface area contributed by atoms with Gasteiger partial charge >= 0.3 is 10.1 Å². The number of nitrogens with zero attached hydrogens (tertiary/aromatic N) is 4. The second-order valence-corrected chi connectivity index (χ2v) is 7.18. The fourth-order valence-electron chi connectivity index (χ4n) is 2.76. The van der Waals surface area contributed by atoms with Crippen LogP contribution in [-0.4, -0.2) is 34.4 Å². The minimum atomic E-state index is -3.55. The highest BCUT2D eigenvalue weighted by atomic mass is 32.2. The van der Waals surface area contributed by atoms with Crippen molar-refractivity contribution in [1.82, 2.24) is 20.2 Å². The molecule has 1 aliphatic carbocycles. The number of rotatable bonds is 5. The molecular formula is C14H18N4O3S. The van der Waals surface area contributed by atoms with Gasteiger partial charge in [-0.3, -0.25) is 0 Å². The monoisotopic (exact) mass is 322 g/mol. The Labute approximate surface area is 129 Å². The van der Waals surface area contributed by atoms with Crippen molar-refractivity contribution < 1.29 is 12.6 Å². The smallest absolute Gasteiger partial charge is 0.309 e. The zero-order valence-electron chi connectivity index (χ0n) is 12.1. The minimum Gasteiger partial charge on any atom is -0.382 e. The highest BCUT2D eigenvalue weighted by Gasteiger charge is 2.22. The third kappa shape index (κ3) is 3.82. The normalized spacial score (nSPS) is 16.5. The first kappa shape index (κ1) is 15.0. The van der Waals surface area contributed by atoms with Crippen molar-refractivity contribution in [1.29, 1.82) is 0 Å². The van der Waals surface area contributed by atoms with Crippen molar-refractivity contribution in [2.45, 2.75) is 32.1 Å². The van der Waals surface area contributed by atoms with Gasteiger partial charge in [-0.05, 0) is 53.5 Å². The van der Waals surface area contributed by atoms with Gasteiger partial charge in [0.15, 0.2) is 0 Å². The van der Waals surface area contributed by atoms with Gasteiger partial charge in [0, 0.05) is 0 Å². The van der Waals surface area contributed by atoms with Crippen LogP contribution < -0.4 is 4.18 Å². The van der Waals surface area contributed by atoms with Gasteiger partial charge in [0.1, 0.15) is 12.1 Å². The average molecular weight is 322 g/mol. The molecule has 7 nitrogen and oxygen atoms in total. The first-order chi connectivity index (χ1) is 10.6. The number of aromatic nitrogens is 4. The van der Waals surface area contributed by atoms with Crippen molar-refractivity contribution in [3.63, 3.8) is 0 Å². The van der Waals surface area contributed by atoms with E-state index < -0.39 is 10.1 Å². The van der Waals surface area contributed by atoms with Gasteiger partial charge in [-0.2, -0.15) is 8.42 Å². The van der Waals surface area contributed by atoms with Crippen molar-refractivity contribution in [3.05, 3.63) is 30.6 Å². The molecule has 0 unspecified atom stereocenters. The molecule has 0 aliphatic heterocycles. The lowest BCUT2D eigenvalue weighted by atomic mass is 9.91. The molecule has 0 spiro atoms. The summed E-state index contributed by atoms with van der Waals surface area (Å²) in [7, 11) is -3.55. The Balaban J connectivity index is 1.64. The van der Waals surface area contributed by atoms with E-state index in [0.717, 1.165) is 31.4 Å². The summed E-state index contributed by atoms with van der Waals surface area (Å²) in [6.07, 6.45) is 6.84. The molecule has 2 aromatic rings. The molecule has 0 N–H and O–H groups in total. The molecule has 1 heterocycles. The van der Waals surface area contributed by atoms with Gasteiger partial charge in [0.2, 0.25) is 0 Å². The Morgan fingerprint density at radius 3 is 2.50 bits per heavy atom. The standard InChI is InChI=1S/C14H18N4O3S/c19-22(20,10-12-4-2-1-3-5-12)21-14-8-6-13(7-9-14)18-11-15-16-17-18/h6-9,11-12H,1-5,10H2. The van der Waals surface area contributed by atoms with Crippen LogP contribution in [-0.2, 0) is 10.1 Å². The first-order valence-electron chi connectivity index (χ1n) is 7.38. The largest absolute Gasteiger partial charge is 0.382 e. The fraction of sp³-hybridized carbons (Fsp3) is 0.500. The Hall–Kier alpha value is -1.96. The predicted octanol–water partition coefficient (Wildman–Crippen LogP) is 1.95. The molecule has 0 saturated heterocycles. The first-order valence-corrected chi connectivity index (χ1v) is 8.96. The van der Waals surface area contributed by atoms with Crippen LogP contribution in [0.5, 0.6) is 5.75 Å². The minimum absolute atomic E-state index is 0.0990. The Bertz CT molecular complexity index is 692. The van der Waals surface area contributed by atoms with Crippen LogP contribution in [0.3, 0.4) is 0 Å². The summed E-state index contributed by atoms with van der Waals surface area (Å²) in [4.78, 5) is 0. The summed E-state index contributed by atoms with van der Waals surface area (Å²) in [6.45, 7) is 0. The van der Waals surface area contributed by atoms with E-state index in [-0.39, 0.29) is 11.7 Å². The maximum absolute atomic E-state index is 12.1. The van der Waals surface area contributed by atoms with Crippen molar-refractivity contribution >= 4 is 10.1 Å². The van der Waals surface area contributed by atoms with E-state index in [0.29, 0.717) is 5.75 Å². The van der Waals surface area contributed by atoms with Crippen molar-refractivity contribution in [2.75, 3.05) is 5.75 Å². The number of hydrogen-bond acceptors (Lipinski definition) is 6. The number of tetrazole rings is 1. The lowest BCUT2D eigenvalue weighted by Crippen LogP contribution is -2.22. The topological polar surface area (TPSA) is 87.0 Å². The number of benzene rings is 1. The molecule has 1 aromatic carbocycles. The molecule has 3 rings (SSSR count). The summed E-state index contributed by atoms with van der Waals surface area (Å²) in [5, 5.41) is 10.9. The zero-order chi connectivity index (χ0) is 15.4. The Morgan fingerprint density at radius 2 is 1.86 bits per heavy atom. The molecule has 0 radical (unpaired) electrons. The average Bonchev–Trinajstić information content (AvgIpc) is 3.02. The third-order valence-corrected chi connectivity index (χ3v) is 5.16. The second kappa shape index (κ2) is 6.43. The van der Waals surface area contributed by atoms with E-state index in [9.17, 15) is 8.42 Å². The highest BCUT2D eigenvalue weighted by molar-refractivity contribution is 7.87. The molecule has 1 saturated carbocycles. The van der Waals surface area contributed by atoms with E-state index in [1.807, 2.05) is 0 Å². The summed E-state index contributed by atoms with van der Waals surface area (Å²) < 4.78 is 30.9. The van der Waals surface area contributed by atoms with Crippen LogP contribution in [0.2, 0.25) is 0 Å². The quantitative estimate of drug-likeness (QED) is 0.782. The summed E-state index contributed by atoms with van der Waals surface area (Å²) in [5.41, 5.74) is 0.738. The Kier molecular flexibility index (Phi) is 4.37. The SMILES string of the molecule is O=S(=O)(CC1CCCCC1)Oc1ccc(-n2cnnn2)cc1. The lowest BCUT2D eigenvalue weighted by molar-refractivity contribution is 0.375. The van der Waals surface area contributed by atoms with Gasteiger partial charge < -0.3 is 4.18 Å².